The van der Waals surface area contributed by atoms with Gasteiger partial charge in [-0.1, -0.05) is 6.07 Å². The molecule has 4 rings (SSSR count). The third-order valence-electron chi connectivity index (χ3n) is 5.57. The van der Waals surface area contributed by atoms with E-state index in [1.165, 1.54) is 19.4 Å². The zero-order valence-electron chi connectivity index (χ0n) is 15.9. The number of morpholine rings is 1. The number of amides is 2. The predicted molar refractivity (Wildman–Crippen MR) is 102 cm³/mol. The minimum absolute atomic E-state index is 0.0448. The number of carbonyl (C=O) groups excluding carboxylic acids is 1. The molecule has 3 aliphatic rings. The first-order chi connectivity index (χ1) is 13.3. The molecule has 0 unspecified atom stereocenters. The molecule has 1 aliphatic carbocycles. The summed E-state index contributed by atoms with van der Waals surface area (Å²) in [5.41, 5.74) is 0.975. The molecular formula is C20H30N4O3. The lowest BCUT2D eigenvalue weighted by atomic mass is 10.1. The highest BCUT2D eigenvalue weighted by Crippen LogP contribution is 2.30. The second-order valence-corrected chi connectivity index (χ2v) is 7.82. The first-order valence-corrected chi connectivity index (χ1v) is 10.2. The highest BCUT2D eigenvalue weighted by molar-refractivity contribution is 5.74. The van der Waals surface area contributed by atoms with Crippen molar-refractivity contribution in [2.45, 2.75) is 38.3 Å². The summed E-state index contributed by atoms with van der Waals surface area (Å²) in [5, 5.41) is 2.94. The number of aromatic nitrogens is 1. The topological polar surface area (TPSA) is 66.9 Å². The number of urea groups is 1. The Morgan fingerprint density at radius 3 is 2.59 bits per heavy atom. The summed E-state index contributed by atoms with van der Waals surface area (Å²) in [5.74, 6) is 1.64. The molecule has 2 aliphatic heterocycles. The van der Waals surface area contributed by atoms with Gasteiger partial charge in [0, 0.05) is 51.5 Å². The second kappa shape index (κ2) is 8.89. The van der Waals surface area contributed by atoms with E-state index in [1.807, 2.05) is 12.1 Å². The van der Waals surface area contributed by atoms with Gasteiger partial charge in [0.05, 0.1) is 13.2 Å². The van der Waals surface area contributed by atoms with Crippen molar-refractivity contribution in [3.63, 3.8) is 0 Å². The number of hydrogen-bond acceptors (Lipinski definition) is 5. The number of nitrogens with one attached hydrogen (secondary N) is 1. The van der Waals surface area contributed by atoms with Gasteiger partial charge in [0.2, 0.25) is 5.88 Å². The maximum atomic E-state index is 12.1. The second-order valence-electron chi connectivity index (χ2n) is 7.82. The van der Waals surface area contributed by atoms with Crippen LogP contribution in [-0.4, -0.2) is 72.9 Å². The van der Waals surface area contributed by atoms with E-state index in [2.05, 4.69) is 15.2 Å². The van der Waals surface area contributed by atoms with Crippen molar-refractivity contribution in [3.05, 3.63) is 23.9 Å². The Balaban J connectivity index is 1.18. The Bertz CT molecular complexity index is 606. The summed E-state index contributed by atoms with van der Waals surface area (Å²) in [7, 11) is 0. The molecule has 0 atom stereocenters. The maximum absolute atomic E-state index is 12.1. The summed E-state index contributed by atoms with van der Waals surface area (Å²) in [6.45, 7) is 6.53. The summed E-state index contributed by atoms with van der Waals surface area (Å²) in [6, 6.07) is 3.84. The van der Waals surface area contributed by atoms with Crippen LogP contribution in [0.4, 0.5) is 4.79 Å². The zero-order chi connectivity index (χ0) is 18.5. The van der Waals surface area contributed by atoms with Gasteiger partial charge >= 0.3 is 6.03 Å². The molecule has 0 radical (unpaired) electrons. The molecule has 1 N–H and O–H groups in total. The first-order valence-electron chi connectivity index (χ1n) is 10.2. The molecule has 1 aromatic rings. The summed E-state index contributed by atoms with van der Waals surface area (Å²) in [4.78, 5) is 20.9. The van der Waals surface area contributed by atoms with E-state index in [1.54, 1.807) is 11.1 Å². The van der Waals surface area contributed by atoms with Crippen LogP contribution < -0.4 is 10.1 Å². The number of likely N-dealkylation sites (tertiary alicyclic amines) is 1. The fourth-order valence-electron chi connectivity index (χ4n) is 3.69. The number of piperidine rings is 1. The normalized spacial score (nSPS) is 21.9. The zero-order valence-corrected chi connectivity index (χ0v) is 15.9. The van der Waals surface area contributed by atoms with Crippen LogP contribution >= 0.6 is 0 Å². The summed E-state index contributed by atoms with van der Waals surface area (Å²) >= 11 is 0. The van der Waals surface area contributed by atoms with E-state index in [0.29, 0.717) is 38.7 Å². The highest BCUT2D eigenvalue weighted by atomic mass is 16.5. The molecule has 27 heavy (non-hydrogen) atoms. The van der Waals surface area contributed by atoms with Gasteiger partial charge in [0.15, 0.2) is 0 Å². The van der Waals surface area contributed by atoms with Crippen molar-refractivity contribution >= 4 is 6.03 Å². The summed E-state index contributed by atoms with van der Waals surface area (Å²) in [6.07, 6.45) is 7.04. The Morgan fingerprint density at radius 2 is 1.93 bits per heavy atom. The molecular weight excluding hydrogens is 344 g/mol. The molecule has 1 aromatic heterocycles. The lowest BCUT2D eigenvalue weighted by Crippen LogP contribution is -2.45. The van der Waals surface area contributed by atoms with Crippen LogP contribution in [0, 0.1) is 5.92 Å². The van der Waals surface area contributed by atoms with Crippen molar-refractivity contribution in [3.8, 4) is 5.88 Å². The van der Waals surface area contributed by atoms with E-state index in [-0.39, 0.29) is 12.1 Å². The fourth-order valence-corrected chi connectivity index (χ4v) is 3.69. The van der Waals surface area contributed by atoms with Crippen molar-refractivity contribution in [1.82, 2.24) is 20.1 Å². The minimum atomic E-state index is -0.0448. The van der Waals surface area contributed by atoms with Crippen LogP contribution in [0.3, 0.4) is 0 Å². The molecule has 2 amide bonds. The lowest BCUT2D eigenvalue weighted by molar-refractivity contribution is 0.0531. The number of rotatable bonds is 6. The van der Waals surface area contributed by atoms with Gasteiger partial charge in [-0.3, -0.25) is 0 Å². The molecule has 0 spiro atoms. The van der Waals surface area contributed by atoms with E-state index in [4.69, 9.17) is 9.47 Å². The smallest absolute Gasteiger partial charge is 0.317 e. The van der Waals surface area contributed by atoms with Gasteiger partial charge in [0.1, 0.15) is 6.10 Å². The number of pyridine rings is 1. The fraction of sp³-hybridized carbons (Fsp3) is 0.700. The molecule has 0 aromatic carbocycles. The Morgan fingerprint density at radius 1 is 1.15 bits per heavy atom. The SMILES string of the molecule is O=C(NCc1ccc(OC2CCN(CC3CC3)CC2)nc1)N1CCOCC1. The molecule has 0 bridgehead atoms. The quantitative estimate of drug-likeness (QED) is 0.824. The first kappa shape index (κ1) is 18.5. The molecule has 3 fully saturated rings. The van der Waals surface area contributed by atoms with E-state index in [0.717, 1.165) is 37.4 Å². The van der Waals surface area contributed by atoms with E-state index in [9.17, 15) is 4.79 Å². The molecule has 1 saturated carbocycles. The Labute approximate surface area is 161 Å². The predicted octanol–water partition coefficient (Wildman–Crippen LogP) is 1.88. The van der Waals surface area contributed by atoms with Crippen LogP contribution in [0.25, 0.3) is 0 Å². The van der Waals surface area contributed by atoms with Crippen LogP contribution in [0.2, 0.25) is 0 Å². The van der Waals surface area contributed by atoms with Crippen LogP contribution in [0.15, 0.2) is 18.3 Å². The molecule has 7 nitrogen and oxygen atoms in total. The Hall–Kier alpha value is -1.86. The number of carbonyl (C=O) groups is 1. The average Bonchev–Trinajstić information content (AvgIpc) is 3.53. The van der Waals surface area contributed by atoms with Gasteiger partial charge in [-0.2, -0.15) is 0 Å². The Kier molecular flexibility index (Phi) is 6.09. The van der Waals surface area contributed by atoms with E-state index < -0.39 is 0 Å². The molecule has 148 valence electrons. The van der Waals surface area contributed by atoms with Crippen molar-refractivity contribution in [1.29, 1.82) is 0 Å². The largest absolute Gasteiger partial charge is 0.474 e. The third-order valence-corrected chi connectivity index (χ3v) is 5.57. The number of hydrogen-bond donors (Lipinski definition) is 1. The van der Waals surface area contributed by atoms with Gasteiger partial charge in [-0.25, -0.2) is 9.78 Å². The number of nitrogens with zero attached hydrogens (tertiary/aromatic N) is 3. The van der Waals surface area contributed by atoms with Crippen molar-refractivity contribution < 1.29 is 14.3 Å². The minimum Gasteiger partial charge on any atom is -0.474 e. The van der Waals surface area contributed by atoms with Crippen molar-refractivity contribution in [2.75, 3.05) is 45.9 Å². The monoisotopic (exact) mass is 374 g/mol. The summed E-state index contributed by atoms with van der Waals surface area (Å²) < 4.78 is 11.3. The maximum Gasteiger partial charge on any atom is 0.317 e. The van der Waals surface area contributed by atoms with Gasteiger partial charge in [-0.05, 0) is 37.2 Å². The standard InChI is InChI=1S/C20H30N4O3/c25-20(24-9-11-26-12-10-24)22-14-17-3-4-19(21-13-17)27-18-5-7-23(8-6-18)15-16-1-2-16/h3-4,13,16,18H,1-2,5-12,14-15H2,(H,22,25). The molecule has 7 heteroatoms. The van der Waals surface area contributed by atoms with Crippen molar-refractivity contribution in [2.24, 2.45) is 5.92 Å². The van der Waals surface area contributed by atoms with Crippen LogP contribution in [-0.2, 0) is 11.3 Å². The third kappa shape index (κ3) is 5.56. The van der Waals surface area contributed by atoms with E-state index >= 15 is 0 Å². The van der Waals surface area contributed by atoms with Gasteiger partial charge in [0.25, 0.3) is 0 Å². The average molecular weight is 374 g/mol. The van der Waals surface area contributed by atoms with Crippen LogP contribution in [0.1, 0.15) is 31.2 Å². The molecule has 2 saturated heterocycles. The van der Waals surface area contributed by atoms with Gasteiger partial charge < -0.3 is 24.6 Å². The van der Waals surface area contributed by atoms with Gasteiger partial charge in [-0.15, -0.1) is 0 Å². The number of ether oxygens (including phenoxy) is 2. The molecule has 3 heterocycles. The van der Waals surface area contributed by atoms with Crippen LogP contribution in [0.5, 0.6) is 5.88 Å². The highest BCUT2D eigenvalue weighted by Gasteiger charge is 2.27. The lowest BCUT2D eigenvalue weighted by Gasteiger charge is -2.31.